The van der Waals surface area contributed by atoms with Crippen molar-refractivity contribution in [2.45, 2.75) is 37.7 Å². The van der Waals surface area contributed by atoms with Crippen molar-refractivity contribution in [1.29, 1.82) is 0 Å². The molecule has 4 aromatic rings. The fourth-order valence-electron chi connectivity index (χ4n) is 6.61. The first-order valence-electron chi connectivity index (χ1n) is 13.4. The first kappa shape index (κ1) is 29.7. The van der Waals surface area contributed by atoms with E-state index >= 15 is 0 Å². The van der Waals surface area contributed by atoms with Crippen molar-refractivity contribution >= 4 is 3.21 Å². The fourth-order valence-corrected chi connectivity index (χ4v) is 16.9. The second-order valence-corrected chi connectivity index (χ2v) is 17.5. The van der Waals surface area contributed by atoms with Gasteiger partial charge in [0.15, 0.2) is 0 Å². The molecular weight excluding hydrogens is 595 g/mol. The average molecular weight is 629 g/mol. The number of hydrogen-bond acceptors (Lipinski definition) is 0. The molecule has 0 spiro atoms. The van der Waals surface area contributed by atoms with Gasteiger partial charge >= 0.3 is 231 Å². The number of allylic oxidation sites excluding steroid dienone is 4. The van der Waals surface area contributed by atoms with Crippen molar-refractivity contribution in [2.75, 3.05) is 0 Å². The molecule has 0 heterocycles. The van der Waals surface area contributed by atoms with Gasteiger partial charge in [0.05, 0.1) is 0 Å². The molecule has 0 fully saturated rings. The molecule has 0 N–H and O–H groups in total. The van der Waals surface area contributed by atoms with E-state index in [9.17, 15) is 0 Å². The largest absolute Gasteiger partial charge is 1.00 e. The Balaban J connectivity index is 0.00000176. The molecule has 0 aliphatic heterocycles. The molecule has 0 amide bonds. The molecule has 6 rings (SSSR count). The van der Waals surface area contributed by atoms with Crippen molar-refractivity contribution in [3.63, 3.8) is 0 Å². The van der Waals surface area contributed by atoms with Crippen molar-refractivity contribution in [3.05, 3.63) is 152 Å². The van der Waals surface area contributed by atoms with Gasteiger partial charge in [0, 0.05) is 0 Å². The van der Waals surface area contributed by atoms with Crippen LogP contribution in [0.3, 0.4) is 0 Å². The Morgan fingerprint density at radius 2 is 1.08 bits per heavy atom. The van der Waals surface area contributed by atoms with Gasteiger partial charge in [-0.2, -0.15) is 0 Å². The van der Waals surface area contributed by atoms with Gasteiger partial charge in [0.25, 0.3) is 0 Å². The summed E-state index contributed by atoms with van der Waals surface area (Å²) >= 11 is -2.69. The monoisotopic (exact) mass is 626 g/mol. The summed E-state index contributed by atoms with van der Waals surface area (Å²) in [6.45, 7) is 9.57. The van der Waals surface area contributed by atoms with Crippen LogP contribution in [-0.2, 0) is 21.3 Å². The Kier molecular flexibility index (Phi) is 9.17. The van der Waals surface area contributed by atoms with Crippen molar-refractivity contribution in [2.24, 2.45) is 5.41 Å². The number of rotatable bonds is 4. The van der Waals surface area contributed by atoms with E-state index < -0.39 is 21.3 Å². The molecule has 196 valence electrons. The van der Waals surface area contributed by atoms with E-state index in [1.165, 1.54) is 39.0 Å². The van der Waals surface area contributed by atoms with Crippen molar-refractivity contribution < 1.29 is 46.1 Å². The van der Waals surface area contributed by atoms with Crippen LogP contribution in [0.1, 0.15) is 60.0 Å². The summed E-state index contributed by atoms with van der Waals surface area (Å²) in [5.41, 5.74) is 12.0. The average Bonchev–Trinajstić information content (AvgIpc) is 3.46. The van der Waals surface area contributed by atoms with Gasteiger partial charge in [-0.15, -0.1) is 0 Å². The van der Waals surface area contributed by atoms with Crippen LogP contribution >= 0.6 is 0 Å². The Labute approximate surface area is 253 Å². The molecule has 3 heteroatoms. The molecule has 0 radical (unpaired) electrons. The molecule has 2 aliphatic rings. The number of halogens is 2. The molecular formula is C36H34Cl2Zr. The van der Waals surface area contributed by atoms with E-state index in [0.29, 0.717) is 3.63 Å². The van der Waals surface area contributed by atoms with Crippen molar-refractivity contribution in [3.8, 4) is 11.1 Å². The van der Waals surface area contributed by atoms with Crippen LogP contribution in [0.25, 0.3) is 11.1 Å². The zero-order valence-corrected chi connectivity index (χ0v) is 27.0. The van der Waals surface area contributed by atoms with Crippen LogP contribution in [0.2, 0.25) is 0 Å². The molecule has 0 atom stereocenters. The molecule has 2 aliphatic carbocycles. The van der Waals surface area contributed by atoms with Crippen molar-refractivity contribution in [1.82, 2.24) is 0 Å². The quantitative estimate of drug-likeness (QED) is 0.326. The van der Waals surface area contributed by atoms with Crippen LogP contribution in [-0.4, -0.2) is 3.21 Å². The third-order valence-electron chi connectivity index (χ3n) is 7.90. The summed E-state index contributed by atoms with van der Waals surface area (Å²) in [6, 6.07) is 41.0. The Bertz CT molecular complexity index is 1480. The van der Waals surface area contributed by atoms with Gasteiger partial charge in [-0.3, -0.25) is 0 Å². The first-order valence-corrected chi connectivity index (χ1v) is 17.3. The Morgan fingerprint density at radius 3 is 1.54 bits per heavy atom. The smallest absolute Gasteiger partial charge is 1.00 e. The second-order valence-electron chi connectivity index (χ2n) is 11.3. The zero-order valence-electron chi connectivity index (χ0n) is 23.0. The molecule has 0 saturated carbocycles. The number of benzene rings is 4. The predicted molar refractivity (Wildman–Crippen MR) is 155 cm³/mol. The maximum absolute atomic E-state index is 2.69. The van der Waals surface area contributed by atoms with Gasteiger partial charge in [0.2, 0.25) is 0 Å². The SMILES string of the molecule is CC1=CC[C]([Zr+2](=[C](c2ccccc2)c2ccccc2)[CH]2c3ccccc3-c3ccccc32)=C1C(C)(C)C.[Cl-].[Cl-]. The van der Waals surface area contributed by atoms with Gasteiger partial charge in [0.1, 0.15) is 0 Å². The predicted octanol–water partition coefficient (Wildman–Crippen LogP) is 3.30. The molecule has 0 aromatic heterocycles. The minimum Gasteiger partial charge on any atom is -1.00 e. The normalized spacial score (nSPS) is 13.9. The molecule has 39 heavy (non-hydrogen) atoms. The summed E-state index contributed by atoms with van der Waals surface area (Å²) in [5.74, 6) is 0. The Hall–Kier alpha value is -2.31. The maximum Gasteiger partial charge on any atom is -1.00 e. The van der Waals surface area contributed by atoms with E-state index in [0.717, 1.165) is 6.42 Å². The summed E-state index contributed by atoms with van der Waals surface area (Å²) in [6.07, 6.45) is 3.61. The van der Waals surface area contributed by atoms with Crippen LogP contribution < -0.4 is 24.8 Å². The van der Waals surface area contributed by atoms with Crippen LogP contribution in [0.5, 0.6) is 0 Å². The zero-order chi connectivity index (χ0) is 25.6. The van der Waals surface area contributed by atoms with Gasteiger partial charge < -0.3 is 24.8 Å². The topological polar surface area (TPSA) is 0 Å². The van der Waals surface area contributed by atoms with E-state index in [-0.39, 0.29) is 30.2 Å². The van der Waals surface area contributed by atoms with Gasteiger partial charge in [-0.1, -0.05) is 0 Å². The Morgan fingerprint density at radius 1 is 0.641 bits per heavy atom. The summed E-state index contributed by atoms with van der Waals surface area (Å²) in [7, 11) is 0. The number of hydrogen-bond donors (Lipinski definition) is 0. The van der Waals surface area contributed by atoms with E-state index in [1.807, 2.05) is 0 Å². The molecule has 4 aromatic carbocycles. The molecule has 0 saturated heterocycles. The summed E-state index contributed by atoms with van der Waals surface area (Å²) < 4.78 is 3.85. The first-order chi connectivity index (χ1) is 17.9. The van der Waals surface area contributed by atoms with E-state index in [2.05, 4.69) is 143 Å². The molecule has 0 nitrogen and oxygen atoms in total. The van der Waals surface area contributed by atoms with Gasteiger partial charge in [-0.25, -0.2) is 0 Å². The van der Waals surface area contributed by atoms with Crippen LogP contribution in [0.4, 0.5) is 0 Å². The van der Waals surface area contributed by atoms with E-state index in [1.54, 1.807) is 12.1 Å². The molecule has 0 bridgehead atoms. The third-order valence-corrected chi connectivity index (χ3v) is 16.3. The second kappa shape index (κ2) is 12.1. The molecule has 0 unspecified atom stereocenters. The van der Waals surface area contributed by atoms with Crippen LogP contribution in [0, 0.1) is 5.41 Å². The number of fused-ring (bicyclic) bond motifs is 3. The maximum atomic E-state index is 2.51. The van der Waals surface area contributed by atoms with Gasteiger partial charge in [-0.05, 0) is 0 Å². The fraction of sp³-hybridized carbons (Fsp3) is 0.194. The summed E-state index contributed by atoms with van der Waals surface area (Å²) in [5, 5.41) is 0. The summed E-state index contributed by atoms with van der Waals surface area (Å²) in [4.78, 5) is 0. The minimum absolute atomic E-state index is 0. The third kappa shape index (κ3) is 5.39. The van der Waals surface area contributed by atoms with Crippen LogP contribution in [0.15, 0.2) is 130 Å². The standard InChI is InChI=1S/C13H9.C13H10.C10H15.2ClH.Zr/c1-3-7-12-10(5-1)9-11-6-2-4-8-13(11)12;1-3-7-12(8-4-1)11-13-9-5-2-6-10-13;1-8-6-5-7-9(8)10(2,3)4;;;/h1-9H;1-10H;6H,5H2,1-4H3;2*1H;/q;;;;;+2/p-2. The minimum atomic E-state index is -2.69. The van der Waals surface area contributed by atoms with E-state index in [4.69, 9.17) is 0 Å².